The van der Waals surface area contributed by atoms with Crippen LogP contribution in [0.25, 0.3) is 6.08 Å². The lowest BCUT2D eigenvalue weighted by Crippen LogP contribution is -2.33. The Bertz CT molecular complexity index is 886. The zero-order valence-corrected chi connectivity index (χ0v) is 21.1. The number of nitrogens with zero attached hydrogens (tertiary/aromatic N) is 1. The highest BCUT2D eigenvalue weighted by molar-refractivity contribution is 6.12. The topological polar surface area (TPSA) is 51.9 Å². The largest absolute Gasteiger partial charge is 0.498 e. The van der Waals surface area contributed by atoms with Gasteiger partial charge in [0, 0.05) is 30.0 Å². The molecule has 0 fully saturated rings. The molecule has 5 nitrogen and oxygen atoms in total. The summed E-state index contributed by atoms with van der Waals surface area (Å²) in [7, 11) is 0. The van der Waals surface area contributed by atoms with Crippen LogP contribution in [0, 0.1) is 0 Å². The van der Waals surface area contributed by atoms with Gasteiger partial charge in [-0.2, -0.15) is 0 Å². The van der Waals surface area contributed by atoms with Gasteiger partial charge in [-0.25, -0.2) is 0 Å². The molecule has 5 heteroatoms. The first-order valence-corrected chi connectivity index (χ1v) is 12.3. The first-order valence-electron chi connectivity index (χ1n) is 12.3. The van der Waals surface area contributed by atoms with Crippen molar-refractivity contribution in [2.24, 2.45) is 0 Å². The maximum Gasteiger partial charge on any atom is 0.192 e. The average Bonchev–Trinajstić information content (AvgIpc) is 3.17. The van der Waals surface area contributed by atoms with Crippen molar-refractivity contribution in [3.63, 3.8) is 0 Å². The van der Waals surface area contributed by atoms with Gasteiger partial charge >= 0.3 is 0 Å². The van der Waals surface area contributed by atoms with Crippen LogP contribution in [-0.4, -0.2) is 49.6 Å². The lowest BCUT2D eigenvalue weighted by Gasteiger charge is -2.34. The van der Waals surface area contributed by atoms with Crippen LogP contribution in [0.15, 0.2) is 21.3 Å². The van der Waals surface area contributed by atoms with Crippen LogP contribution < -0.4 is 0 Å². The zero-order valence-electron chi connectivity index (χ0n) is 21.1. The molecule has 2 aliphatic rings. The van der Waals surface area contributed by atoms with Crippen molar-refractivity contribution >= 4 is 11.9 Å². The number of allylic oxidation sites excluding steroid dienone is 2. The van der Waals surface area contributed by atoms with E-state index in [1.807, 2.05) is 13.0 Å². The number of carbonyl (C=O) groups is 1. The van der Waals surface area contributed by atoms with Gasteiger partial charge in [-0.3, -0.25) is 4.79 Å². The third-order valence-electron chi connectivity index (χ3n) is 6.98. The van der Waals surface area contributed by atoms with E-state index in [1.165, 1.54) is 0 Å². The van der Waals surface area contributed by atoms with Crippen LogP contribution in [0.3, 0.4) is 0 Å². The van der Waals surface area contributed by atoms with Gasteiger partial charge in [-0.15, -0.1) is 0 Å². The molecule has 32 heavy (non-hydrogen) atoms. The highest BCUT2D eigenvalue weighted by Gasteiger charge is 2.43. The van der Waals surface area contributed by atoms with Crippen LogP contribution >= 0.6 is 0 Å². The maximum absolute atomic E-state index is 13.4. The lowest BCUT2D eigenvalue weighted by molar-refractivity contribution is 0.0482. The molecule has 0 aromatic carbocycles. The van der Waals surface area contributed by atoms with Gasteiger partial charge in [-0.1, -0.05) is 20.8 Å². The fraction of sp³-hybridized carbons (Fsp3) is 0.667. The van der Waals surface area contributed by atoms with E-state index >= 15 is 0 Å². The van der Waals surface area contributed by atoms with Crippen LogP contribution in [0.2, 0.25) is 0 Å². The molecule has 0 radical (unpaired) electrons. The van der Waals surface area contributed by atoms with Crippen molar-refractivity contribution in [1.82, 2.24) is 4.90 Å². The predicted molar refractivity (Wildman–Crippen MR) is 129 cm³/mol. The quantitative estimate of drug-likeness (QED) is 0.425. The minimum atomic E-state index is -0.348. The van der Waals surface area contributed by atoms with Crippen molar-refractivity contribution in [2.45, 2.75) is 85.7 Å². The summed E-state index contributed by atoms with van der Waals surface area (Å²) in [6, 6.07) is 0. The average molecular weight is 444 g/mol. The van der Waals surface area contributed by atoms with Crippen molar-refractivity contribution in [1.29, 1.82) is 0 Å². The second-order valence-electron chi connectivity index (χ2n) is 9.58. The molecule has 2 aliphatic carbocycles. The summed E-state index contributed by atoms with van der Waals surface area (Å²) in [5.41, 5.74) is 3.46. The Hall–Kier alpha value is -1.85. The monoisotopic (exact) mass is 443 g/mol. The van der Waals surface area contributed by atoms with E-state index in [4.69, 9.17) is 13.9 Å². The minimum absolute atomic E-state index is 0.0441. The number of rotatable bonds is 11. The molecule has 0 N–H and O–H groups in total. The van der Waals surface area contributed by atoms with Gasteiger partial charge in [0.05, 0.1) is 30.6 Å². The van der Waals surface area contributed by atoms with Gasteiger partial charge in [0.15, 0.2) is 5.78 Å². The van der Waals surface area contributed by atoms with Crippen LogP contribution in [0.1, 0.15) is 95.2 Å². The Morgan fingerprint density at radius 3 is 2.53 bits per heavy atom. The number of carbonyl (C=O) groups excluding carboxylic acids is 1. The first-order chi connectivity index (χ1) is 15.2. The summed E-state index contributed by atoms with van der Waals surface area (Å²) >= 11 is 0. The van der Waals surface area contributed by atoms with Gasteiger partial charge in [0.2, 0.25) is 0 Å². The van der Waals surface area contributed by atoms with Crippen molar-refractivity contribution in [3.05, 3.63) is 39.6 Å². The normalized spacial score (nSPS) is 18.5. The van der Waals surface area contributed by atoms with E-state index in [0.717, 1.165) is 84.9 Å². The van der Waals surface area contributed by atoms with E-state index in [-0.39, 0.29) is 17.3 Å². The number of ketones is 1. The number of likely N-dealkylation sites (N-methyl/N-ethyl adjacent to an activating group) is 1. The van der Waals surface area contributed by atoms with E-state index in [0.29, 0.717) is 13.2 Å². The number of Topliss-reactive ketones (excluding diaryl/α,β-unsaturated/α-hetero) is 1. The molecule has 3 rings (SSSR count). The fourth-order valence-electron chi connectivity index (χ4n) is 4.95. The molecule has 1 aromatic heterocycles. The van der Waals surface area contributed by atoms with Gasteiger partial charge in [-0.05, 0) is 71.2 Å². The Kier molecular flexibility index (Phi) is 8.05. The molecule has 178 valence electrons. The number of fused-ring (bicyclic) bond motifs is 3. The van der Waals surface area contributed by atoms with Gasteiger partial charge in [0.1, 0.15) is 11.5 Å². The number of furan rings is 1. The third kappa shape index (κ3) is 4.89. The predicted octanol–water partition coefficient (Wildman–Crippen LogP) is 5.92. The Labute approximate surface area is 193 Å². The van der Waals surface area contributed by atoms with E-state index in [2.05, 4.69) is 46.4 Å². The van der Waals surface area contributed by atoms with Gasteiger partial charge in [0.25, 0.3) is 0 Å². The second kappa shape index (κ2) is 10.4. The number of hydrogen-bond acceptors (Lipinski definition) is 5. The van der Waals surface area contributed by atoms with Crippen LogP contribution in [0.4, 0.5) is 0 Å². The summed E-state index contributed by atoms with van der Waals surface area (Å²) in [5.74, 6) is 2.67. The molecular weight excluding hydrogens is 402 g/mol. The summed E-state index contributed by atoms with van der Waals surface area (Å²) in [6.45, 7) is 19.3. The zero-order chi connectivity index (χ0) is 23.5. The summed E-state index contributed by atoms with van der Waals surface area (Å²) in [4.78, 5) is 15.8. The molecule has 0 bridgehead atoms. The SMILES string of the molecule is CCCOC1=Cc2oc3c(c2CC1)C(=O)C(C)=C(CC(C)OCCN(CC)CC)C3(C)C. The fourth-order valence-corrected chi connectivity index (χ4v) is 4.95. The van der Waals surface area contributed by atoms with E-state index in [1.54, 1.807) is 0 Å². The smallest absolute Gasteiger partial charge is 0.192 e. The Morgan fingerprint density at radius 1 is 1.16 bits per heavy atom. The third-order valence-corrected chi connectivity index (χ3v) is 6.98. The van der Waals surface area contributed by atoms with Crippen molar-refractivity contribution < 1.29 is 18.7 Å². The van der Waals surface area contributed by atoms with Crippen LogP contribution in [0.5, 0.6) is 0 Å². The summed E-state index contributed by atoms with van der Waals surface area (Å²) < 4.78 is 18.4. The molecule has 0 spiro atoms. The standard InChI is InChI=1S/C27H41NO4/c1-8-14-31-20-11-12-21-23(17-20)32-26-24(21)25(29)19(5)22(27(26,6)7)16-18(4)30-15-13-28(9-2)10-3/h17-18H,8-16H2,1-7H3. The lowest BCUT2D eigenvalue weighted by atomic mass is 9.69. The maximum atomic E-state index is 13.4. The van der Waals surface area contributed by atoms with Crippen molar-refractivity contribution in [3.8, 4) is 0 Å². The summed E-state index contributed by atoms with van der Waals surface area (Å²) in [6.07, 6.45) is 5.35. The minimum Gasteiger partial charge on any atom is -0.498 e. The molecule has 1 aromatic rings. The summed E-state index contributed by atoms with van der Waals surface area (Å²) in [5, 5.41) is 0. The van der Waals surface area contributed by atoms with Crippen LogP contribution in [-0.2, 0) is 21.3 Å². The van der Waals surface area contributed by atoms with Gasteiger partial charge < -0.3 is 18.8 Å². The molecule has 0 aliphatic heterocycles. The van der Waals surface area contributed by atoms with E-state index in [9.17, 15) is 4.79 Å². The number of ether oxygens (including phenoxy) is 2. The van der Waals surface area contributed by atoms with E-state index < -0.39 is 0 Å². The number of hydrogen-bond donors (Lipinski definition) is 0. The Balaban J connectivity index is 1.80. The molecular formula is C27H41NO4. The Morgan fingerprint density at radius 2 is 1.88 bits per heavy atom. The molecule has 0 amide bonds. The first kappa shape index (κ1) is 24.8. The molecule has 1 atom stereocenters. The molecule has 1 heterocycles. The second-order valence-corrected chi connectivity index (χ2v) is 9.58. The highest BCUT2D eigenvalue weighted by Crippen LogP contribution is 2.47. The van der Waals surface area contributed by atoms with Crippen molar-refractivity contribution in [2.75, 3.05) is 32.8 Å². The highest BCUT2D eigenvalue weighted by atomic mass is 16.5. The molecule has 0 saturated carbocycles. The molecule has 1 unspecified atom stereocenters. The molecule has 0 saturated heterocycles.